The topological polar surface area (TPSA) is 98.5 Å². The summed E-state index contributed by atoms with van der Waals surface area (Å²) < 4.78 is 32.4. The van der Waals surface area contributed by atoms with E-state index in [2.05, 4.69) is 4.72 Å². The maximum absolute atomic E-state index is 12.5. The van der Waals surface area contributed by atoms with Gasteiger partial charge in [-0.2, -0.15) is 0 Å². The molecule has 0 fully saturated rings. The van der Waals surface area contributed by atoms with Crippen molar-refractivity contribution in [3.8, 4) is 0 Å². The highest BCUT2D eigenvalue weighted by Crippen LogP contribution is 2.24. The summed E-state index contributed by atoms with van der Waals surface area (Å²) in [5.41, 5.74) is 1.60. The Morgan fingerprint density at radius 3 is 2.50 bits per heavy atom. The molecule has 0 unspecified atom stereocenters. The summed E-state index contributed by atoms with van der Waals surface area (Å²) in [6.07, 6.45) is 0. The van der Waals surface area contributed by atoms with E-state index in [1.54, 1.807) is 13.2 Å². The van der Waals surface area contributed by atoms with Crippen LogP contribution in [0.15, 0.2) is 47.4 Å². The van der Waals surface area contributed by atoms with E-state index >= 15 is 0 Å². The van der Waals surface area contributed by atoms with Crippen molar-refractivity contribution in [3.63, 3.8) is 0 Å². The number of sulfonamides is 1. The molecule has 2 aromatic carbocycles. The first-order valence-corrected chi connectivity index (χ1v) is 8.64. The second-order valence-electron chi connectivity index (χ2n) is 5.23. The van der Waals surface area contributed by atoms with Crippen molar-refractivity contribution in [2.24, 2.45) is 0 Å². The molecule has 0 aromatic heterocycles. The molecule has 7 nitrogen and oxygen atoms in total. The largest absolute Gasteiger partial charge is 0.380 e. The number of methoxy groups -OCH3 is 1. The number of ether oxygens (including phenoxy) is 1. The number of nitro groups is 1. The lowest BCUT2D eigenvalue weighted by atomic mass is 10.1. The Bertz CT molecular complexity index is 849. The first-order valence-electron chi connectivity index (χ1n) is 7.15. The summed E-state index contributed by atoms with van der Waals surface area (Å²) >= 11 is 0. The van der Waals surface area contributed by atoms with Gasteiger partial charge >= 0.3 is 0 Å². The quantitative estimate of drug-likeness (QED) is 0.611. The molecule has 2 aromatic rings. The van der Waals surface area contributed by atoms with Gasteiger partial charge in [0, 0.05) is 25.3 Å². The molecule has 8 heteroatoms. The first-order chi connectivity index (χ1) is 11.3. The lowest BCUT2D eigenvalue weighted by molar-refractivity contribution is -0.385. The third-order valence-corrected chi connectivity index (χ3v) is 5.06. The molecule has 1 N–H and O–H groups in total. The van der Waals surface area contributed by atoms with Crippen molar-refractivity contribution in [2.75, 3.05) is 7.11 Å². The molecule has 0 saturated heterocycles. The highest BCUT2D eigenvalue weighted by Gasteiger charge is 2.22. The molecule has 24 heavy (non-hydrogen) atoms. The number of rotatable bonds is 7. The van der Waals surface area contributed by atoms with E-state index in [0.29, 0.717) is 6.61 Å². The minimum Gasteiger partial charge on any atom is -0.380 e. The van der Waals surface area contributed by atoms with Gasteiger partial charge in [-0.15, -0.1) is 0 Å². The van der Waals surface area contributed by atoms with Gasteiger partial charge in [-0.05, 0) is 24.1 Å². The normalized spacial score (nSPS) is 11.4. The number of nitrogens with zero attached hydrogens (tertiary/aromatic N) is 1. The van der Waals surface area contributed by atoms with Gasteiger partial charge < -0.3 is 4.74 Å². The van der Waals surface area contributed by atoms with E-state index in [-0.39, 0.29) is 22.7 Å². The molecule has 128 valence electrons. The molecule has 0 heterocycles. The van der Waals surface area contributed by atoms with E-state index in [9.17, 15) is 18.5 Å². The molecule has 0 aliphatic carbocycles. The van der Waals surface area contributed by atoms with E-state index in [1.807, 2.05) is 18.2 Å². The zero-order chi connectivity index (χ0) is 17.7. The molecule has 0 spiro atoms. The van der Waals surface area contributed by atoms with E-state index < -0.39 is 14.9 Å². The Hall–Kier alpha value is -2.29. The van der Waals surface area contributed by atoms with Crippen LogP contribution in [-0.2, 0) is 27.9 Å². The van der Waals surface area contributed by atoms with Crippen LogP contribution >= 0.6 is 0 Å². The van der Waals surface area contributed by atoms with Crippen LogP contribution in [0.5, 0.6) is 0 Å². The van der Waals surface area contributed by atoms with Crippen LogP contribution < -0.4 is 4.72 Å². The number of hydrogen-bond acceptors (Lipinski definition) is 5. The fourth-order valence-electron chi connectivity index (χ4n) is 2.34. The van der Waals surface area contributed by atoms with E-state index in [0.717, 1.165) is 11.1 Å². The molecule has 0 amide bonds. The molecule has 0 saturated carbocycles. The maximum atomic E-state index is 12.5. The van der Waals surface area contributed by atoms with Gasteiger partial charge in [-0.1, -0.05) is 30.3 Å². The van der Waals surface area contributed by atoms with Crippen LogP contribution in [0.4, 0.5) is 5.69 Å². The minimum absolute atomic E-state index is 0.0853. The highest BCUT2D eigenvalue weighted by atomic mass is 32.2. The average Bonchev–Trinajstić information content (AvgIpc) is 2.53. The summed E-state index contributed by atoms with van der Waals surface area (Å²) in [6.45, 7) is 1.94. The van der Waals surface area contributed by atoms with Crippen molar-refractivity contribution >= 4 is 15.7 Å². The number of hydrogen-bond donors (Lipinski definition) is 1. The Morgan fingerprint density at radius 2 is 1.83 bits per heavy atom. The fraction of sp³-hybridized carbons (Fsp3) is 0.250. The van der Waals surface area contributed by atoms with Crippen LogP contribution in [0.25, 0.3) is 0 Å². The van der Waals surface area contributed by atoms with E-state index in [1.165, 1.54) is 25.1 Å². The van der Waals surface area contributed by atoms with Crippen molar-refractivity contribution in [2.45, 2.75) is 25.0 Å². The molecular formula is C16H18N2O5S. The van der Waals surface area contributed by atoms with Crippen molar-refractivity contribution < 1.29 is 18.1 Å². The summed E-state index contributed by atoms with van der Waals surface area (Å²) in [5, 5.41) is 11.0. The molecule has 0 aliphatic heterocycles. The van der Waals surface area contributed by atoms with Crippen LogP contribution in [0, 0.1) is 17.0 Å². The zero-order valence-corrected chi connectivity index (χ0v) is 14.2. The van der Waals surface area contributed by atoms with Crippen LogP contribution in [-0.4, -0.2) is 20.5 Å². The monoisotopic (exact) mass is 350 g/mol. The predicted molar refractivity (Wildman–Crippen MR) is 89.0 cm³/mol. The van der Waals surface area contributed by atoms with Crippen LogP contribution in [0.1, 0.15) is 16.7 Å². The SMILES string of the molecule is COCc1cccc(CNS(=O)(=O)c2cccc([N+](=O)[O-])c2C)c1. The standard InChI is InChI=1S/C16H18N2O5S/c1-12-15(18(19)20)7-4-8-16(12)24(21,22)17-10-13-5-3-6-14(9-13)11-23-2/h3-9,17H,10-11H2,1-2H3. The van der Waals surface area contributed by atoms with Crippen molar-refractivity contribution in [1.82, 2.24) is 4.72 Å². The van der Waals surface area contributed by atoms with Gasteiger partial charge in [0.2, 0.25) is 10.0 Å². The molecule has 0 aliphatic rings. The van der Waals surface area contributed by atoms with Gasteiger partial charge in [-0.3, -0.25) is 10.1 Å². The maximum Gasteiger partial charge on any atom is 0.273 e. The van der Waals surface area contributed by atoms with Gasteiger partial charge in [-0.25, -0.2) is 13.1 Å². The number of nitrogens with one attached hydrogen (secondary N) is 1. The second-order valence-corrected chi connectivity index (χ2v) is 6.97. The van der Waals surface area contributed by atoms with Gasteiger partial charge in [0.15, 0.2) is 0 Å². The third kappa shape index (κ3) is 4.16. The number of benzene rings is 2. The third-order valence-electron chi connectivity index (χ3n) is 3.51. The van der Waals surface area contributed by atoms with Gasteiger partial charge in [0.05, 0.1) is 16.4 Å². The number of nitro benzene ring substituents is 1. The lowest BCUT2D eigenvalue weighted by Gasteiger charge is -2.10. The molecule has 0 radical (unpaired) electrons. The summed E-state index contributed by atoms with van der Waals surface area (Å²) in [5.74, 6) is 0. The molecule has 0 bridgehead atoms. The predicted octanol–water partition coefficient (Wildman–Crippen LogP) is 2.53. The molecular weight excluding hydrogens is 332 g/mol. The smallest absolute Gasteiger partial charge is 0.273 e. The highest BCUT2D eigenvalue weighted by molar-refractivity contribution is 7.89. The van der Waals surface area contributed by atoms with Gasteiger partial charge in [0.1, 0.15) is 0 Å². The Balaban J connectivity index is 2.22. The summed E-state index contributed by atoms with van der Waals surface area (Å²) in [4.78, 5) is 10.3. The Kier molecular flexibility index (Phi) is 5.66. The lowest BCUT2D eigenvalue weighted by Crippen LogP contribution is -2.24. The Morgan fingerprint density at radius 1 is 1.17 bits per heavy atom. The van der Waals surface area contributed by atoms with Gasteiger partial charge in [0.25, 0.3) is 5.69 Å². The van der Waals surface area contributed by atoms with Crippen molar-refractivity contribution in [1.29, 1.82) is 0 Å². The Labute approximate surface area is 140 Å². The second kappa shape index (κ2) is 7.52. The molecule has 0 atom stereocenters. The summed E-state index contributed by atoms with van der Waals surface area (Å²) in [6, 6.07) is 11.3. The van der Waals surface area contributed by atoms with Crippen molar-refractivity contribution in [3.05, 3.63) is 69.3 Å². The van der Waals surface area contributed by atoms with E-state index in [4.69, 9.17) is 4.74 Å². The van der Waals surface area contributed by atoms with Crippen LogP contribution in [0.2, 0.25) is 0 Å². The minimum atomic E-state index is -3.86. The first kappa shape index (κ1) is 18.1. The summed E-state index contributed by atoms with van der Waals surface area (Å²) in [7, 11) is -2.27. The average molecular weight is 350 g/mol. The molecule has 2 rings (SSSR count). The zero-order valence-electron chi connectivity index (χ0n) is 13.4. The van der Waals surface area contributed by atoms with Crippen LogP contribution in [0.3, 0.4) is 0 Å². The fourth-order valence-corrected chi connectivity index (χ4v) is 3.62.